The molecule has 4 rings (SSSR count). The van der Waals surface area contributed by atoms with Gasteiger partial charge in [-0.1, -0.05) is 11.6 Å². The normalized spacial score (nSPS) is 14.8. The fraction of sp³-hybridized carbons (Fsp3) is 0.333. The van der Waals surface area contributed by atoms with E-state index in [1.54, 1.807) is 25.1 Å². The molecule has 0 aliphatic carbocycles. The molecule has 2 heterocycles. The van der Waals surface area contributed by atoms with Gasteiger partial charge < -0.3 is 15.0 Å². The molecule has 9 nitrogen and oxygen atoms in total. The van der Waals surface area contributed by atoms with Gasteiger partial charge in [-0.05, 0) is 42.8 Å². The molecule has 0 spiro atoms. The van der Waals surface area contributed by atoms with Crippen LogP contribution in [0.1, 0.15) is 5.56 Å². The summed E-state index contributed by atoms with van der Waals surface area (Å²) < 4.78 is 46.4. The number of amides is 1. The molecule has 3 aromatic rings. The first-order valence-electron chi connectivity index (χ1n) is 10.2. The molecule has 12 heteroatoms. The maximum absolute atomic E-state index is 13.9. The number of ether oxygens (including phenoxy) is 1. The highest BCUT2D eigenvalue weighted by Crippen LogP contribution is 2.30. The topological polar surface area (TPSA) is 108 Å². The van der Waals surface area contributed by atoms with Crippen LogP contribution in [0.4, 0.5) is 15.8 Å². The molecule has 0 radical (unpaired) electrons. The Hall–Kier alpha value is -2.73. The zero-order valence-corrected chi connectivity index (χ0v) is 19.6. The molecule has 176 valence electrons. The molecule has 0 unspecified atom stereocenters. The smallest absolute Gasteiger partial charge is 0.245 e. The number of anilines is 2. The zero-order valence-electron chi connectivity index (χ0n) is 18.1. The fourth-order valence-corrected chi connectivity index (χ4v) is 5.35. The van der Waals surface area contributed by atoms with E-state index in [4.69, 9.17) is 16.3 Å². The third kappa shape index (κ3) is 4.81. The molecule has 1 saturated heterocycles. The average Bonchev–Trinajstić information content (AvgIpc) is 3.14. The Morgan fingerprint density at radius 3 is 2.73 bits per heavy atom. The summed E-state index contributed by atoms with van der Waals surface area (Å²) in [7, 11) is -2.83. The maximum Gasteiger partial charge on any atom is 0.245 e. The van der Waals surface area contributed by atoms with E-state index in [9.17, 15) is 17.6 Å². The highest BCUT2D eigenvalue weighted by Gasteiger charge is 2.27. The lowest BCUT2D eigenvalue weighted by Gasteiger charge is -2.29. The van der Waals surface area contributed by atoms with Crippen LogP contribution in [0.3, 0.4) is 0 Å². The first-order chi connectivity index (χ1) is 15.7. The summed E-state index contributed by atoms with van der Waals surface area (Å²) in [5.41, 5.74) is 1.82. The Balaban J connectivity index is 1.48. The van der Waals surface area contributed by atoms with Gasteiger partial charge in [0.05, 0.1) is 35.9 Å². The van der Waals surface area contributed by atoms with Crippen molar-refractivity contribution in [3.8, 4) is 0 Å². The number of morpholine rings is 1. The molecule has 0 bridgehead atoms. The molecule has 1 fully saturated rings. The molecule has 1 aliphatic heterocycles. The van der Waals surface area contributed by atoms with Gasteiger partial charge in [0, 0.05) is 25.8 Å². The lowest BCUT2D eigenvalue weighted by Crippen LogP contribution is -2.36. The number of carbonyl (C=O) groups is 1. The Morgan fingerprint density at radius 2 is 2.03 bits per heavy atom. The first-order valence-corrected chi connectivity index (χ1v) is 12.0. The number of nitrogens with one attached hydrogen (secondary N) is 2. The number of H-pyrrole nitrogens is 1. The van der Waals surface area contributed by atoms with Crippen LogP contribution in [-0.2, 0) is 19.6 Å². The van der Waals surface area contributed by atoms with Crippen LogP contribution in [0.25, 0.3) is 10.9 Å². The largest absolute Gasteiger partial charge is 0.378 e. The number of rotatable bonds is 6. The molecule has 2 aromatic carbocycles. The number of hydrogen-bond acceptors (Lipinski definition) is 6. The zero-order chi connectivity index (χ0) is 23.8. The number of aryl methyl sites for hydroxylation is 1. The third-order valence-corrected chi connectivity index (χ3v) is 7.48. The van der Waals surface area contributed by atoms with Crippen LogP contribution in [0, 0.1) is 12.9 Å². The third-order valence-electron chi connectivity index (χ3n) is 5.36. The van der Waals surface area contributed by atoms with Crippen LogP contribution >= 0.6 is 11.6 Å². The number of halogens is 2. The van der Waals surface area contributed by atoms with Gasteiger partial charge in [-0.3, -0.25) is 9.89 Å². The lowest BCUT2D eigenvalue weighted by molar-refractivity contribution is -0.116. The number of aromatic amines is 1. The maximum atomic E-state index is 13.9. The highest BCUT2D eigenvalue weighted by atomic mass is 35.5. The number of aromatic nitrogens is 2. The number of hydrogen-bond donors (Lipinski definition) is 2. The van der Waals surface area contributed by atoms with Crippen molar-refractivity contribution in [2.45, 2.75) is 11.8 Å². The molecule has 0 saturated carbocycles. The van der Waals surface area contributed by atoms with Crippen molar-refractivity contribution in [3.05, 3.63) is 46.9 Å². The monoisotopic (exact) mass is 495 g/mol. The number of carbonyl (C=O) groups excluding carboxylic acids is 1. The molecule has 2 N–H and O–H groups in total. The number of fused-ring (bicyclic) bond motifs is 1. The van der Waals surface area contributed by atoms with Gasteiger partial charge in [0.15, 0.2) is 0 Å². The van der Waals surface area contributed by atoms with Crippen molar-refractivity contribution < 1.29 is 22.3 Å². The number of likely N-dealkylation sites (N-methyl/N-ethyl adjacent to an activating group) is 1. The Labute approximate surface area is 195 Å². The van der Waals surface area contributed by atoms with E-state index in [-0.39, 0.29) is 15.8 Å². The van der Waals surface area contributed by atoms with E-state index in [2.05, 4.69) is 20.4 Å². The molecule has 1 aliphatic rings. The van der Waals surface area contributed by atoms with Crippen molar-refractivity contribution >= 4 is 49.8 Å². The molecule has 33 heavy (non-hydrogen) atoms. The van der Waals surface area contributed by atoms with Gasteiger partial charge in [-0.15, -0.1) is 0 Å². The highest BCUT2D eigenvalue weighted by molar-refractivity contribution is 7.89. The molecule has 0 atom stereocenters. The average molecular weight is 496 g/mol. The van der Waals surface area contributed by atoms with Crippen molar-refractivity contribution in [1.29, 1.82) is 0 Å². The van der Waals surface area contributed by atoms with Crippen molar-refractivity contribution in [3.63, 3.8) is 0 Å². The predicted molar refractivity (Wildman–Crippen MR) is 124 cm³/mol. The minimum absolute atomic E-state index is 0.0177. The first kappa shape index (κ1) is 23.4. The Morgan fingerprint density at radius 1 is 1.30 bits per heavy atom. The quantitative estimate of drug-likeness (QED) is 0.544. The summed E-state index contributed by atoms with van der Waals surface area (Å²) in [4.78, 5) is 14.5. The summed E-state index contributed by atoms with van der Waals surface area (Å²) in [6.07, 6.45) is 0. The second kappa shape index (κ2) is 9.26. The van der Waals surface area contributed by atoms with Gasteiger partial charge >= 0.3 is 0 Å². The summed E-state index contributed by atoms with van der Waals surface area (Å²) in [5.74, 6) is -1.27. The van der Waals surface area contributed by atoms with E-state index >= 15 is 0 Å². The van der Waals surface area contributed by atoms with E-state index in [1.165, 1.54) is 19.2 Å². The summed E-state index contributed by atoms with van der Waals surface area (Å²) in [6, 6.07) is 8.04. The minimum atomic E-state index is -4.11. The van der Waals surface area contributed by atoms with E-state index in [0.717, 1.165) is 23.1 Å². The van der Waals surface area contributed by atoms with Crippen molar-refractivity contribution in [1.82, 2.24) is 14.5 Å². The van der Waals surface area contributed by atoms with Gasteiger partial charge in [0.1, 0.15) is 10.4 Å². The molecule has 1 aromatic heterocycles. The molecular weight excluding hydrogens is 473 g/mol. The summed E-state index contributed by atoms with van der Waals surface area (Å²) in [5, 5.41) is 9.15. The second-order valence-electron chi connectivity index (χ2n) is 7.77. The van der Waals surface area contributed by atoms with Gasteiger partial charge in [0.2, 0.25) is 21.9 Å². The number of nitrogens with zero attached hydrogens (tertiary/aromatic N) is 3. The standard InChI is InChI=1S/C21H23ClFN5O4S/c1-13-9-15-20(25-26-21(15)23)18(10-13)33(30,31)27(2)12-19(29)24-14-3-4-17(16(22)11-14)28-5-7-32-8-6-28/h3-4,9-11H,5-8,12H2,1-2H3,(H,24,29)(H,25,26). The van der Waals surface area contributed by atoms with Gasteiger partial charge in [-0.2, -0.15) is 13.8 Å². The summed E-state index contributed by atoms with van der Waals surface area (Å²) in [6.45, 7) is 3.89. The fourth-order valence-electron chi connectivity index (χ4n) is 3.69. The van der Waals surface area contributed by atoms with Crippen molar-refractivity contribution in [2.24, 2.45) is 0 Å². The number of benzene rings is 2. The molecule has 1 amide bonds. The van der Waals surface area contributed by atoms with Crippen LogP contribution in [-0.4, -0.2) is 68.7 Å². The van der Waals surface area contributed by atoms with E-state index in [1.807, 2.05) is 0 Å². The Bertz CT molecular complexity index is 1310. The minimum Gasteiger partial charge on any atom is -0.378 e. The number of sulfonamides is 1. The van der Waals surface area contributed by atoms with E-state index in [0.29, 0.717) is 29.5 Å². The summed E-state index contributed by atoms with van der Waals surface area (Å²) >= 11 is 6.40. The van der Waals surface area contributed by atoms with Gasteiger partial charge in [-0.25, -0.2) is 8.42 Å². The lowest BCUT2D eigenvalue weighted by atomic mass is 10.2. The Kier molecular flexibility index (Phi) is 6.57. The SMILES string of the molecule is Cc1cc(S(=O)(=O)N(C)CC(=O)Nc2ccc(N3CCOCC3)c(Cl)c2)c2n[nH]c(F)c2c1. The predicted octanol–water partition coefficient (Wildman–Crippen LogP) is 2.76. The van der Waals surface area contributed by atoms with Crippen LogP contribution in [0.2, 0.25) is 5.02 Å². The molecular formula is C21H23ClFN5O4S. The van der Waals surface area contributed by atoms with Crippen LogP contribution in [0.15, 0.2) is 35.2 Å². The van der Waals surface area contributed by atoms with Crippen LogP contribution in [0.5, 0.6) is 0 Å². The van der Waals surface area contributed by atoms with Crippen molar-refractivity contribution in [2.75, 3.05) is 50.1 Å². The van der Waals surface area contributed by atoms with E-state index < -0.39 is 28.4 Å². The second-order valence-corrected chi connectivity index (χ2v) is 10.2. The van der Waals surface area contributed by atoms with Crippen LogP contribution < -0.4 is 10.2 Å². The van der Waals surface area contributed by atoms with Gasteiger partial charge in [0.25, 0.3) is 0 Å².